The highest BCUT2D eigenvalue weighted by molar-refractivity contribution is 6.31. The molecule has 0 aliphatic carbocycles. The lowest BCUT2D eigenvalue weighted by atomic mass is 10.1. The molecule has 2 heterocycles. The lowest BCUT2D eigenvalue weighted by Crippen LogP contribution is -2.48. The summed E-state index contributed by atoms with van der Waals surface area (Å²) in [7, 11) is 0. The Hall–Kier alpha value is -3.26. The van der Waals surface area contributed by atoms with E-state index in [-0.39, 0.29) is 17.4 Å². The number of ketones is 1. The van der Waals surface area contributed by atoms with Crippen LogP contribution < -0.4 is 4.90 Å². The summed E-state index contributed by atoms with van der Waals surface area (Å²) < 4.78 is 14.7. The molecule has 0 atom stereocenters. The highest BCUT2D eigenvalue weighted by Gasteiger charge is 2.24. The van der Waals surface area contributed by atoms with Crippen molar-refractivity contribution in [2.45, 2.75) is 13.5 Å². The van der Waals surface area contributed by atoms with Crippen molar-refractivity contribution in [3.8, 4) is 0 Å². The summed E-state index contributed by atoms with van der Waals surface area (Å²) in [6.45, 7) is 4.33. The van der Waals surface area contributed by atoms with E-state index in [1.54, 1.807) is 24.1 Å². The lowest BCUT2D eigenvalue weighted by molar-refractivity contribution is 0.0740. The van der Waals surface area contributed by atoms with Gasteiger partial charge < -0.3 is 9.80 Å². The Kier molecular flexibility index (Phi) is 5.99. The van der Waals surface area contributed by atoms with E-state index < -0.39 is 5.82 Å². The molecule has 7 nitrogen and oxygen atoms in total. The van der Waals surface area contributed by atoms with Gasteiger partial charge in [0.05, 0.1) is 12.7 Å². The third-order valence-electron chi connectivity index (χ3n) is 5.31. The van der Waals surface area contributed by atoms with Gasteiger partial charge in [0, 0.05) is 42.5 Å². The van der Waals surface area contributed by atoms with Gasteiger partial charge in [0.1, 0.15) is 5.82 Å². The average Bonchev–Trinajstić information content (AvgIpc) is 3.24. The van der Waals surface area contributed by atoms with Gasteiger partial charge in [-0.15, -0.1) is 5.10 Å². The molecule has 2 aromatic carbocycles. The van der Waals surface area contributed by atoms with Gasteiger partial charge in [0.25, 0.3) is 5.91 Å². The molecule has 1 aliphatic rings. The molecule has 0 radical (unpaired) electrons. The number of Topliss-reactive ketones (excluding diaryl/α,β-unsaturated/α-hetero) is 1. The Labute approximate surface area is 184 Å². The summed E-state index contributed by atoms with van der Waals surface area (Å²) in [6, 6.07) is 11.7. The SMILES string of the molecule is CC(=O)c1ccc(N2CCN(C(=O)c3cn(Cc4ccc(F)cc4Cl)nn3)CC2)cc1. The Bertz CT molecular complexity index is 1110. The maximum absolute atomic E-state index is 13.2. The second-order valence-corrected chi connectivity index (χ2v) is 7.83. The van der Waals surface area contributed by atoms with Crippen molar-refractivity contribution in [2.75, 3.05) is 31.1 Å². The van der Waals surface area contributed by atoms with Crippen molar-refractivity contribution in [3.63, 3.8) is 0 Å². The average molecular weight is 442 g/mol. The standard InChI is InChI=1S/C22H21ClFN5O2/c1-15(30)16-3-6-19(7-4-16)27-8-10-28(11-9-27)22(31)21-14-29(26-25-21)13-17-2-5-18(24)12-20(17)23/h2-7,12,14H,8-11,13H2,1H3. The van der Waals surface area contributed by atoms with Gasteiger partial charge in [0.15, 0.2) is 11.5 Å². The molecule has 0 saturated carbocycles. The van der Waals surface area contributed by atoms with Crippen LogP contribution in [0.25, 0.3) is 0 Å². The molecule has 1 amide bonds. The number of piperazine rings is 1. The van der Waals surface area contributed by atoms with Crippen LogP contribution in [-0.4, -0.2) is 57.8 Å². The molecule has 1 saturated heterocycles. The van der Waals surface area contributed by atoms with Crippen LogP contribution in [0, 0.1) is 5.82 Å². The summed E-state index contributed by atoms with van der Waals surface area (Å²) in [5.74, 6) is -0.545. The minimum absolute atomic E-state index is 0.0386. The van der Waals surface area contributed by atoms with E-state index in [9.17, 15) is 14.0 Å². The molecule has 1 aromatic heterocycles. The van der Waals surface area contributed by atoms with Gasteiger partial charge in [-0.1, -0.05) is 22.9 Å². The molecule has 160 valence electrons. The van der Waals surface area contributed by atoms with Crippen LogP contribution in [0.15, 0.2) is 48.7 Å². The fraction of sp³-hybridized carbons (Fsp3) is 0.273. The number of benzene rings is 2. The number of rotatable bonds is 5. The van der Waals surface area contributed by atoms with Gasteiger partial charge >= 0.3 is 0 Å². The highest BCUT2D eigenvalue weighted by Crippen LogP contribution is 2.20. The van der Waals surface area contributed by atoms with Gasteiger partial charge in [0.2, 0.25) is 0 Å². The first-order valence-electron chi connectivity index (χ1n) is 9.90. The Morgan fingerprint density at radius 2 is 1.77 bits per heavy atom. The lowest BCUT2D eigenvalue weighted by Gasteiger charge is -2.35. The molecule has 9 heteroatoms. The number of halogens is 2. The van der Waals surface area contributed by atoms with Crippen LogP contribution in [-0.2, 0) is 6.54 Å². The molecule has 31 heavy (non-hydrogen) atoms. The van der Waals surface area contributed by atoms with Crippen molar-refractivity contribution in [2.24, 2.45) is 0 Å². The zero-order valence-electron chi connectivity index (χ0n) is 17.0. The van der Waals surface area contributed by atoms with Crippen molar-refractivity contribution >= 4 is 29.0 Å². The van der Waals surface area contributed by atoms with Gasteiger partial charge in [-0.2, -0.15) is 0 Å². The van der Waals surface area contributed by atoms with Crippen LogP contribution in [0.1, 0.15) is 33.3 Å². The van der Waals surface area contributed by atoms with Gasteiger partial charge in [-0.25, -0.2) is 9.07 Å². The Balaban J connectivity index is 1.36. The van der Waals surface area contributed by atoms with Crippen LogP contribution in [0.3, 0.4) is 0 Å². The number of carbonyl (C=O) groups is 2. The quantitative estimate of drug-likeness (QED) is 0.568. The molecular weight excluding hydrogens is 421 g/mol. The summed E-state index contributed by atoms with van der Waals surface area (Å²) >= 11 is 6.06. The minimum Gasteiger partial charge on any atom is -0.368 e. The predicted octanol–water partition coefficient (Wildman–Crippen LogP) is 3.28. The minimum atomic E-state index is -0.405. The summed E-state index contributed by atoms with van der Waals surface area (Å²) in [5.41, 5.74) is 2.66. The third-order valence-corrected chi connectivity index (χ3v) is 5.66. The smallest absolute Gasteiger partial charge is 0.276 e. The summed E-state index contributed by atoms with van der Waals surface area (Å²) in [4.78, 5) is 28.2. The molecule has 3 aromatic rings. The molecule has 0 N–H and O–H groups in total. The molecular formula is C22H21ClFN5O2. The summed E-state index contributed by atoms with van der Waals surface area (Å²) in [6.07, 6.45) is 1.58. The van der Waals surface area contributed by atoms with E-state index in [0.717, 1.165) is 5.69 Å². The van der Waals surface area contributed by atoms with Crippen LogP contribution in [0.2, 0.25) is 5.02 Å². The number of carbonyl (C=O) groups excluding carboxylic acids is 2. The molecule has 0 unspecified atom stereocenters. The van der Waals surface area contributed by atoms with Crippen molar-refractivity contribution in [1.29, 1.82) is 0 Å². The fourth-order valence-electron chi connectivity index (χ4n) is 3.53. The Morgan fingerprint density at radius 1 is 1.06 bits per heavy atom. The first-order chi connectivity index (χ1) is 14.9. The maximum Gasteiger partial charge on any atom is 0.276 e. The third kappa shape index (κ3) is 4.74. The maximum atomic E-state index is 13.2. The number of anilines is 1. The molecule has 1 fully saturated rings. The first kappa shape index (κ1) is 21.0. The second-order valence-electron chi connectivity index (χ2n) is 7.42. The first-order valence-corrected chi connectivity index (χ1v) is 10.3. The largest absolute Gasteiger partial charge is 0.368 e. The molecule has 4 rings (SSSR count). The van der Waals surface area contributed by atoms with E-state index >= 15 is 0 Å². The van der Waals surface area contributed by atoms with E-state index in [2.05, 4.69) is 15.2 Å². The van der Waals surface area contributed by atoms with E-state index in [0.29, 0.717) is 48.9 Å². The van der Waals surface area contributed by atoms with Crippen molar-refractivity contribution in [1.82, 2.24) is 19.9 Å². The number of amides is 1. The van der Waals surface area contributed by atoms with Crippen LogP contribution >= 0.6 is 11.6 Å². The fourth-order valence-corrected chi connectivity index (χ4v) is 3.76. The van der Waals surface area contributed by atoms with E-state index in [4.69, 9.17) is 11.6 Å². The zero-order chi connectivity index (χ0) is 22.0. The number of aromatic nitrogens is 3. The normalized spacial score (nSPS) is 14.0. The van der Waals surface area contributed by atoms with E-state index in [1.807, 2.05) is 24.3 Å². The topological polar surface area (TPSA) is 71.3 Å². The second kappa shape index (κ2) is 8.85. The Morgan fingerprint density at radius 3 is 2.42 bits per heavy atom. The molecule has 1 aliphatic heterocycles. The number of hydrogen-bond donors (Lipinski definition) is 0. The van der Waals surface area contributed by atoms with Gasteiger partial charge in [-0.3, -0.25) is 9.59 Å². The van der Waals surface area contributed by atoms with Crippen molar-refractivity contribution in [3.05, 3.63) is 76.3 Å². The predicted molar refractivity (Wildman–Crippen MR) is 115 cm³/mol. The number of nitrogens with zero attached hydrogens (tertiary/aromatic N) is 5. The monoisotopic (exact) mass is 441 g/mol. The molecule has 0 bridgehead atoms. The summed E-state index contributed by atoms with van der Waals surface area (Å²) in [5, 5.41) is 8.30. The number of hydrogen-bond acceptors (Lipinski definition) is 5. The van der Waals surface area contributed by atoms with Crippen LogP contribution in [0.5, 0.6) is 0 Å². The van der Waals surface area contributed by atoms with Crippen LogP contribution in [0.4, 0.5) is 10.1 Å². The van der Waals surface area contributed by atoms with Gasteiger partial charge in [-0.05, 0) is 48.9 Å². The highest BCUT2D eigenvalue weighted by atomic mass is 35.5. The molecule has 0 spiro atoms. The zero-order valence-corrected chi connectivity index (χ0v) is 17.7. The van der Waals surface area contributed by atoms with Crippen molar-refractivity contribution < 1.29 is 14.0 Å². The van der Waals surface area contributed by atoms with E-state index in [1.165, 1.54) is 16.8 Å².